The molecule has 0 saturated carbocycles. The monoisotopic (exact) mass is 571 g/mol. The molecule has 0 bridgehead atoms. The van der Waals surface area contributed by atoms with Crippen LogP contribution in [0.3, 0.4) is 0 Å². The molecule has 1 aliphatic rings. The van der Waals surface area contributed by atoms with E-state index in [0.717, 1.165) is 27.8 Å². The van der Waals surface area contributed by atoms with E-state index in [9.17, 15) is 14.4 Å². The van der Waals surface area contributed by atoms with Crippen molar-refractivity contribution in [3.63, 3.8) is 0 Å². The lowest BCUT2D eigenvalue weighted by molar-refractivity contribution is -0.137. The van der Waals surface area contributed by atoms with Gasteiger partial charge in [-0.2, -0.15) is 0 Å². The number of nitrogens with zero attached hydrogens (tertiary/aromatic N) is 1. The van der Waals surface area contributed by atoms with Crippen LogP contribution in [-0.2, 0) is 20.9 Å². The van der Waals surface area contributed by atoms with Crippen LogP contribution in [0.2, 0.25) is 0 Å². The van der Waals surface area contributed by atoms with E-state index in [1.807, 2.05) is 80.4 Å². The van der Waals surface area contributed by atoms with Gasteiger partial charge in [0.05, 0.1) is 0 Å². The van der Waals surface area contributed by atoms with Crippen molar-refractivity contribution in [1.29, 1.82) is 0 Å². The van der Waals surface area contributed by atoms with Gasteiger partial charge in [-0.1, -0.05) is 92.7 Å². The van der Waals surface area contributed by atoms with Crippen molar-refractivity contribution in [2.75, 3.05) is 26.7 Å². The lowest BCUT2D eigenvalue weighted by Crippen LogP contribution is -2.52. The first-order valence-corrected chi connectivity index (χ1v) is 14.5. The smallest absolute Gasteiger partial charge is 0.407 e. The van der Waals surface area contributed by atoms with E-state index in [2.05, 4.69) is 34.9 Å². The molecule has 3 N–H and O–H groups in total. The van der Waals surface area contributed by atoms with Crippen molar-refractivity contribution < 1.29 is 24.2 Å². The van der Waals surface area contributed by atoms with Crippen molar-refractivity contribution in [3.8, 4) is 11.1 Å². The number of carboxylic acid groups (broad SMARTS) is 1. The van der Waals surface area contributed by atoms with Crippen molar-refractivity contribution in [2.24, 2.45) is 5.41 Å². The molecule has 0 aliphatic heterocycles. The molecule has 4 rings (SSSR count). The second-order valence-corrected chi connectivity index (χ2v) is 11.8. The predicted molar refractivity (Wildman–Crippen MR) is 163 cm³/mol. The highest BCUT2D eigenvalue weighted by atomic mass is 16.5. The number of likely N-dealkylation sites (N-methyl/N-ethyl adjacent to an activating group) is 1. The zero-order valence-electron chi connectivity index (χ0n) is 24.6. The van der Waals surface area contributed by atoms with Gasteiger partial charge >= 0.3 is 12.1 Å². The van der Waals surface area contributed by atoms with Crippen LogP contribution in [0.15, 0.2) is 78.9 Å². The Labute approximate surface area is 248 Å². The number of benzene rings is 3. The number of nitrogens with one attached hydrogen (secondary N) is 2. The number of hydrogen-bond donors (Lipinski definition) is 3. The minimum Gasteiger partial charge on any atom is -0.481 e. The number of hydrogen-bond acceptors (Lipinski definition) is 5. The molecule has 0 spiro atoms. The van der Waals surface area contributed by atoms with E-state index in [4.69, 9.17) is 9.84 Å². The maximum Gasteiger partial charge on any atom is 0.407 e. The van der Waals surface area contributed by atoms with E-state index in [0.29, 0.717) is 25.9 Å². The zero-order valence-corrected chi connectivity index (χ0v) is 24.6. The summed E-state index contributed by atoms with van der Waals surface area (Å²) in [6.45, 7) is 5.40. The average molecular weight is 572 g/mol. The van der Waals surface area contributed by atoms with Crippen LogP contribution < -0.4 is 10.6 Å². The van der Waals surface area contributed by atoms with E-state index in [1.165, 1.54) is 0 Å². The molecule has 0 saturated heterocycles. The zero-order chi connectivity index (χ0) is 30.1. The van der Waals surface area contributed by atoms with Crippen molar-refractivity contribution in [1.82, 2.24) is 15.5 Å². The van der Waals surface area contributed by atoms with Crippen LogP contribution in [0.1, 0.15) is 55.7 Å². The van der Waals surface area contributed by atoms with Crippen LogP contribution >= 0.6 is 0 Å². The van der Waals surface area contributed by atoms with Crippen LogP contribution in [0, 0.1) is 5.41 Å². The molecule has 2 amide bonds. The standard InChI is InChI=1S/C34H41N3O5/c1-34(2,18-17-31(38)39)19-20-35-32(40)30(22-37(3)21-24-11-5-4-6-12-24)36-33(41)42-23-29-27-15-9-7-13-25(27)26-14-8-10-16-28(26)29/h4-16,29-30H,17-23H2,1-3H3,(H,35,40)(H,36,41)(H,38,39). The number of alkyl carbamates (subject to hydrolysis) is 1. The first-order valence-electron chi connectivity index (χ1n) is 14.5. The lowest BCUT2D eigenvalue weighted by Gasteiger charge is -2.27. The number of carbonyl (C=O) groups excluding carboxylic acids is 2. The summed E-state index contributed by atoms with van der Waals surface area (Å²) in [5.41, 5.74) is 5.38. The average Bonchev–Trinajstić information content (AvgIpc) is 3.28. The summed E-state index contributed by atoms with van der Waals surface area (Å²) in [5.74, 6) is -1.22. The number of fused-ring (bicyclic) bond motifs is 3. The molecule has 1 aliphatic carbocycles. The number of rotatable bonds is 14. The molecule has 8 heteroatoms. The lowest BCUT2D eigenvalue weighted by atomic mass is 9.84. The highest BCUT2D eigenvalue weighted by Crippen LogP contribution is 2.44. The summed E-state index contributed by atoms with van der Waals surface area (Å²) in [4.78, 5) is 39.3. The first-order chi connectivity index (χ1) is 20.1. The highest BCUT2D eigenvalue weighted by molar-refractivity contribution is 5.86. The van der Waals surface area contributed by atoms with Gasteiger partial charge in [-0.25, -0.2) is 4.79 Å². The Hall–Kier alpha value is -4.17. The number of ether oxygens (including phenoxy) is 1. The number of carbonyl (C=O) groups is 3. The van der Waals surface area contributed by atoms with Crippen LogP contribution in [0.5, 0.6) is 0 Å². The Bertz CT molecular complexity index is 1330. The third-order valence-electron chi connectivity index (χ3n) is 7.86. The van der Waals surface area contributed by atoms with Crippen LogP contribution in [0.4, 0.5) is 4.79 Å². The van der Waals surface area contributed by atoms with Gasteiger partial charge in [-0.15, -0.1) is 0 Å². The molecule has 1 atom stereocenters. The molecule has 3 aromatic rings. The van der Waals surface area contributed by atoms with Gasteiger partial charge in [0.1, 0.15) is 12.6 Å². The maximum atomic E-state index is 13.3. The Morgan fingerprint density at radius 1 is 0.905 bits per heavy atom. The van der Waals surface area contributed by atoms with Crippen LogP contribution in [0.25, 0.3) is 11.1 Å². The second-order valence-electron chi connectivity index (χ2n) is 11.8. The summed E-state index contributed by atoms with van der Waals surface area (Å²) < 4.78 is 5.73. The van der Waals surface area contributed by atoms with E-state index in [1.54, 1.807) is 0 Å². The topological polar surface area (TPSA) is 108 Å². The second kappa shape index (κ2) is 14.1. The van der Waals surface area contributed by atoms with E-state index < -0.39 is 18.1 Å². The third-order valence-corrected chi connectivity index (χ3v) is 7.86. The summed E-state index contributed by atoms with van der Waals surface area (Å²) in [6.07, 6.45) is 0.562. The Balaban J connectivity index is 1.38. The highest BCUT2D eigenvalue weighted by Gasteiger charge is 2.30. The number of carboxylic acids is 1. The molecule has 0 heterocycles. The molecule has 0 radical (unpaired) electrons. The fourth-order valence-electron chi connectivity index (χ4n) is 5.47. The Kier molecular flexibility index (Phi) is 10.4. The molecule has 8 nitrogen and oxygen atoms in total. The van der Waals surface area contributed by atoms with Gasteiger partial charge < -0.3 is 20.5 Å². The van der Waals surface area contributed by atoms with Gasteiger partial charge in [-0.05, 0) is 53.1 Å². The van der Waals surface area contributed by atoms with Crippen molar-refractivity contribution in [2.45, 2.75) is 51.6 Å². The molecular formula is C34H41N3O5. The number of aliphatic carboxylic acids is 1. The molecule has 222 valence electrons. The summed E-state index contributed by atoms with van der Waals surface area (Å²) in [7, 11) is 1.90. The fraction of sp³-hybridized carbons (Fsp3) is 0.382. The quantitative estimate of drug-likeness (QED) is 0.238. The fourth-order valence-corrected chi connectivity index (χ4v) is 5.47. The van der Waals surface area contributed by atoms with Gasteiger partial charge in [-0.3, -0.25) is 14.5 Å². The van der Waals surface area contributed by atoms with Crippen molar-refractivity contribution >= 4 is 18.0 Å². The maximum absolute atomic E-state index is 13.3. The van der Waals surface area contributed by atoms with Crippen molar-refractivity contribution in [3.05, 3.63) is 95.6 Å². The Morgan fingerprint density at radius 2 is 1.50 bits per heavy atom. The van der Waals surface area contributed by atoms with Crippen LogP contribution in [-0.4, -0.2) is 60.8 Å². The van der Waals surface area contributed by atoms with Gasteiger partial charge in [0.2, 0.25) is 5.91 Å². The normalized spacial score (nSPS) is 13.2. The molecular weight excluding hydrogens is 530 g/mol. The SMILES string of the molecule is CN(Cc1ccccc1)CC(NC(=O)OCC1c2ccccc2-c2ccccc21)C(=O)NCCC(C)(C)CCC(=O)O. The minimum atomic E-state index is -0.837. The molecule has 1 unspecified atom stereocenters. The molecule has 0 fully saturated rings. The first kappa shape index (κ1) is 30.8. The third kappa shape index (κ3) is 8.42. The van der Waals surface area contributed by atoms with Gasteiger partial charge in [0.15, 0.2) is 0 Å². The predicted octanol–water partition coefficient (Wildman–Crippen LogP) is 5.42. The molecule has 3 aromatic carbocycles. The van der Waals surface area contributed by atoms with E-state index in [-0.39, 0.29) is 36.8 Å². The van der Waals surface area contributed by atoms with E-state index >= 15 is 0 Å². The number of amides is 2. The molecule has 42 heavy (non-hydrogen) atoms. The Morgan fingerprint density at radius 3 is 2.12 bits per heavy atom. The summed E-state index contributed by atoms with van der Waals surface area (Å²) in [5, 5.41) is 14.8. The largest absolute Gasteiger partial charge is 0.481 e. The molecule has 0 aromatic heterocycles. The van der Waals surface area contributed by atoms with Gasteiger partial charge in [0, 0.05) is 32.0 Å². The summed E-state index contributed by atoms with van der Waals surface area (Å²) >= 11 is 0. The van der Waals surface area contributed by atoms with Gasteiger partial charge in [0.25, 0.3) is 0 Å². The summed E-state index contributed by atoms with van der Waals surface area (Å²) in [6, 6.07) is 25.4. The minimum absolute atomic E-state index is 0.0794.